The van der Waals surface area contributed by atoms with Crippen LogP contribution in [-0.4, -0.2) is 11.1 Å². The number of hydrogen-bond donors (Lipinski definition) is 2. The average Bonchev–Trinajstić information content (AvgIpc) is 2.52. The fraction of sp³-hybridized carbons (Fsp3) is 0.455. The Kier molecular flexibility index (Phi) is 2.95. The van der Waals surface area contributed by atoms with Gasteiger partial charge in [-0.05, 0) is 25.3 Å². The van der Waals surface area contributed by atoms with Gasteiger partial charge in [0.05, 0.1) is 15.6 Å². The van der Waals surface area contributed by atoms with E-state index in [1.54, 1.807) is 12.1 Å². The first-order chi connectivity index (χ1) is 7.03. The smallest absolute Gasteiger partial charge is 0.0926 e. The predicted octanol–water partition coefficient (Wildman–Crippen LogP) is 2.69. The molecule has 0 aromatic heterocycles. The van der Waals surface area contributed by atoms with Gasteiger partial charge in [0.1, 0.15) is 0 Å². The number of hydrogen-bond acceptors (Lipinski definition) is 2. The van der Waals surface area contributed by atoms with Crippen LogP contribution in [0.5, 0.6) is 0 Å². The van der Waals surface area contributed by atoms with Gasteiger partial charge in [-0.3, -0.25) is 0 Å². The molecule has 0 amide bonds. The van der Waals surface area contributed by atoms with Crippen molar-refractivity contribution < 1.29 is 5.11 Å². The van der Waals surface area contributed by atoms with Gasteiger partial charge in [-0.15, -0.1) is 0 Å². The summed E-state index contributed by atoms with van der Waals surface area (Å²) in [6.45, 7) is 0. The summed E-state index contributed by atoms with van der Waals surface area (Å²) in [5.41, 5.74) is 5.60. The topological polar surface area (TPSA) is 46.2 Å². The minimum absolute atomic E-state index is 0.0463. The van der Waals surface area contributed by atoms with Crippen LogP contribution < -0.4 is 5.73 Å². The van der Waals surface area contributed by atoms with Gasteiger partial charge < -0.3 is 10.8 Å². The molecule has 0 spiro atoms. The van der Waals surface area contributed by atoms with Crippen LogP contribution in [0.3, 0.4) is 0 Å². The number of benzene rings is 1. The first-order valence-corrected chi connectivity index (χ1v) is 5.71. The van der Waals surface area contributed by atoms with Crippen LogP contribution in [0.15, 0.2) is 18.2 Å². The van der Waals surface area contributed by atoms with Crippen molar-refractivity contribution in [1.82, 2.24) is 0 Å². The van der Waals surface area contributed by atoms with Gasteiger partial charge in [-0.2, -0.15) is 0 Å². The Labute approximate surface area is 99.0 Å². The Hall–Kier alpha value is -0.280. The highest BCUT2D eigenvalue weighted by Gasteiger charge is 2.38. The lowest BCUT2D eigenvalue weighted by molar-refractivity contribution is 0.0432. The minimum Gasteiger partial charge on any atom is -0.385 e. The third kappa shape index (κ3) is 2.00. The third-order valence-corrected chi connectivity index (χ3v) is 3.80. The molecule has 1 aliphatic carbocycles. The maximum Gasteiger partial charge on any atom is 0.0926 e. The molecule has 0 radical (unpaired) electrons. The van der Waals surface area contributed by atoms with E-state index in [0.29, 0.717) is 28.5 Å². The molecule has 2 unspecified atom stereocenters. The van der Waals surface area contributed by atoms with Crippen molar-refractivity contribution in [2.75, 3.05) is 0 Å². The molecule has 0 heterocycles. The van der Waals surface area contributed by atoms with E-state index in [2.05, 4.69) is 0 Å². The summed E-state index contributed by atoms with van der Waals surface area (Å²) in [5, 5.41) is 11.3. The standard InChI is InChI=1S/C11H13Cl2NO/c12-9-3-1-2-8(10(9)13)11(15)5-4-7(14)6-11/h1-3,7,15H,4-6,14H2. The maximum absolute atomic E-state index is 10.4. The van der Waals surface area contributed by atoms with Crippen molar-refractivity contribution in [1.29, 1.82) is 0 Å². The Morgan fingerprint density at radius 2 is 2.13 bits per heavy atom. The fourth-order valence-electron chi connectivity index (χ4n) is 2.17. The van der Waals surface area contributed by atoms with Gasteiger partial charge in [0.15, 0.2) is 0 Å². The molecule has 0 aliphatic heterocycles. The van der Waals surface area contributed by atoms with Crippen molar-refractivity contribution >= 4 is 23.2 Å². The zero-order valence-corrected chi connectivity index (χ0v) is 9.72. The van der Waals surface area contributed by atoms with E-state index in [-0.39, 0.29) is 6.04 Å². The van der Waals surface area contributed by atoms with Crippen LogP contribution in [0.1, 0.15) is 24.8 Å². The number of rotatable bonds is 1. The minimum atomic E-state index is -0.901. The predicted molar refractivity (Wildman–Crippen MR) is 62.2 cm³/mol. The van der Waals surface area contributed by atoms with Crippen LogP contribution in [-0.2, 0) is 5.60 Å². The van der Waals surface area contributed by atoms with Crippen molar-refractivity contribution in [3.05, 3.63) is 33.8 Å². The first-order valence-electron chi connectivity index (χ1n) is 4.95. The van der Waals surface area contributed by atoms with E-state index in [0.717, 1.165) is 6.42 Å². The van der Waals surface area contributed by atoms with E-state index in [1.807, 2.05) is 6.07 Å². The summed E-state index contributed by atoms with van der Waals surface area (Å²) in [5.74, 6) is 0. The molecule has 0 bridgehead atoms. The Morgan fingerprint density at radius 1 is 1.40 bits per heavy atom. The monoisotopic (exact) mass is 245 g/mol. The highest BCUT2D eigenvalue weighted by molar-refractivity contribution is 6.42. The molecule has 2 nitrogen and oxygen atoms in total. The lowest BCUT2D eigenvalue weighted by Gasteiger charge is -2.24. The number of nitrogens with two attached hydrogens (primary N) is 1. The average molecular weight is 246 g/mol. The van der Waals surface area contributed by atoms with Gasteiger partial charge >= 0.3 is 0 Å². The summed E-state index contributed by atoms with van der Waals surface area (Å²) in [4.78, 5) is 0. The summed E-state index contributed by atoms with van der Waals surface area (Å²) < 4.78 is 0. The van der Waals surface area contributed by atoms with E-state index >= 15 is 0 Å². The van der Waals surface area contributed by atoms with Crippen molar-refractivity contribution in [2.45, 2.75) is 30.9 Å². The lowest BCUT2D eigenvalue weighted by Crippen LogP contribution is -2.25. The second kappa shape index (κ2) is 3.95. The Morgan fingerprint density at radius 3 is 2.73 bits per heavy atom. The molecule has 0 saturated heterocycles. The number of aliphatic hydroxyl groups is 1. The SMILES string of the molecule is NC1CCC(O)(c2cccc(Cl)c2Cl)C1. The fourth-order valence-corrected chi connectivity index (χ4v) is 2.65. The molecule has 82 valence electrons. The molecular weight excluding hydrogens is 233 g/mol. The normalized spacial score (nSPS) is 30.8. The largest absolute Gasteiger partial charge is 0.385 e. The molecule has 1 aliphatic rings. The van der Waals surface area contributed by atoms with Crippen LogP contribution in [0, 0.1) is 0 Å². The zero-order valence-electron chi connectivity index (χ0n) is 8.21. The van der Waals surface area contributed by atoms with Crippen molar-refractivity contribution in [2.24, 2.45) is 5.73 Å². The Balaban J connectivity index is 2.41. The summed E-state index contributed by atoms with van der Waals surface area (Å²) >= 11 is 12.0. The molecule has 4 heteroatoms. The zero-order chi connectivity index (χ0) is 11.1. The maximum atomic E-state index is 10.4. The summed E-state index contributed by atoms with van der Waals surface area (Å²) in [6.07, 6.45) is 2.01. The first kappa shape index (κ1) is 11.2. The van der Waals surface area contributed by atoms with E-state index < -0.39 is 5.60 Å². The van der Waals surface area contributed by atoms with E-state index in [1.165, 1.54) is 0 Å². The molecule has 15 heavy (non-hydrogen) atoms. The second-order valence-electron chi connectivity index (χ2n) is 4.14. The van der Waals surface area contributed by atoms with Gasteiger partial charge in [0.25, 0.3) is 0 Å². The highest BCUT2D eigenvalue weighted by Crippen LogP contribution is 2.42. The van der Waals surface area contributed by atoms with E-state index in [9.17, 15) is 5.11 Å². The molecular formula is C11H13Cl2NO. The van der Waals surface area contributed by atoms with Crippen molar-refractivity contribution in [3.8, 4) is 0 Å². The highest BCUT2D eigenvalue weighted by atomic mass is 35.5. The second-order valence-corrected chi connectivity index (χ2v) is 4.92. The van der Waals surface area contributed by atoms with Gasteiger partial charge in [0, 0.05) is 11.6 Å². The number of halogens is 2. The Bertz CT molecular complexity index is 383. The van der Waals surface area contributed by atoms with Crippen molar-refractivity contribution in [3.63, 3.8) is 0 Å². The quantitative estimate of drug-likeness (QED) is 0.800. The van der Waals surface area contributed by atoms with Crippen LogP contribution in [0.25, 0.3) is 0 Å². The molecule has 2 atom stereocenters. The van der Waals surface area contributed by atoms with Gasteiger partial charge in [0.2, 0.25) is 0 Å². The van der Waals surface area contributed by atoms with Gasteiger partial charge in [-0.25, -0.2) is 0 Å². The molecule has 1 aromatic carbocycles. The third-order valence-electron chi connectivity index (χ3n) is 2.98. The molecule has 3 N–H and O–H groups in total. The van der Waals surface area contributed by atoms with Crippen LogP contribution in [0.2, 0.25) is 10.0 Å². The summed E-state index contributed by atoms with van der Waals surface area (Å²) in [7, 11) is 0. The van der Waals surface area contributed by atoms with Gasteiger partial charge in [-0.1, -0.05) is 35.3 Å². The molecule has 2 rings (SSSR count). The summed E-state index contributed by atoms with van der Waals surface area (Å²) in [6, 6.07) is 5.37. The van der Waals surface area contributed by atoms with Crippen LogP contribution in [0.4, 0.5) is 0 Å². The molecule has 1 saturated carbocycles. The molecule has 1 fully saturated rings. The molecule has 1 aromatic rings. The van der Waals surface area contributed by atoms with E-state index in [4.69, 9.17) is 28.9 Å². The van der Waals surface area contributed by atoms with Crippen LogP contribution >= 0.6 is 23.2 Å². The lowest BCUT2D eigenvalue weighted by atomic mass is 9.92.